The van der Waals surface area contributed by atoms with Crippen LogP contribution in [0.3, 0.4) is 0 Å². The first-order valence-corrected chi connectivity index (χ1v) is 11.0. The summed E-state index contributed by atoms with van der Waals surface area (Å²) >= 11 is 6.40. The van der Waals surface area contributed by atoms with Crippen molar-refractivity contribution < 1.29 is 14.2 Å². The minimum Gasteiger partial charge on any atom is -0.497 e. The molecule has 6 rings (SSSR count). The molecule has 1 N–H and O–H groups in total. The summed E-state index contributed by atoms with van der Waals surface area (Å²) in [7, 11) is 3.28. The van der Waals surface area contributed by atoms with Crippen LogP contribution < -0.4 is 19.5 Å². The SMILES string of the molecule is COc1ccc(OC)c([C@H]2Oc3ccc(Cl)cc3C3=C2[C@@H](c2cccnc2)n2ncnc2N3)c1. The molecule has 2 aliphatic rings. The van der Waals surface area contributed by atoms with Crippen molar-refractivity contribution in [3.63, 3.8) is 0 Å². The number of fused-ring (bicyclic) bond motifs is 3. The normalized spacial score (nSPS) is 18.2. The molecule has 170 valence electrons. The molecule has 0 aliphatic carbocycles. The Bertz CT molecular complexity index is 1420. The summed E-state index contributed by atoms with van der Waals surface area (Å²) in [4.78, 5) is 8.81. The third-order valence-electron chi connectivity index (χ3n) is 6.10. The Kier molecular flexibility index (Phi) is 4.88. The molecule has 0 bridgehead atoms. The second-order valence-electron chi connectivity index (χ2n) is 7.92. The Balaban J connectivity index is 1.65. The van der Waals surface area contributed by atoms with Crippen molar-refractivity contribution in [2.45, 2.75) is 12.1 Å². The maximum absolute atomic E-state index is 6.65. The highest BCUT2D eigenvalue weighted by molar-refractivity contribution is 6.30. The lowest BCUT2D eigenvalue weighted by atomic mass is 9.84. The van der Waals surface area contributed by atoms with Gasteiger partial charge in [-0.3, -0.25) is 4.98 Å². The molecule has 4 heterocycles. The van der Waals surface area contributed by atoms with Crippen molar-refractivity contribution in [1.82, 2.24) is 19.7 Å². The van der Waals surface area contributed by atoms with Gasteiger partial charge < -0.3 is 19.5 Å². The number of aromatic nitrogens is 4. The van der Waals surface area contributed by atoms with Crippen LogP contribution in [0.2, 0.25) is 5.02 Å². The van der Waals surface area contributed by atoms with Crippen molar-refractivity contribution in [3.05, 3.63) is 94.5 Å². The van der Waals surface area contributed by atoms with Crippen molar-refractivity contribution in [3.8, 4) is 17.2 Å². The number of halogens is 1. The van der Waals surface area contributed by atoms with E-state index in [2.05, 4.69) is 20.4 Å². The molecule has 0 saturated heterocycles. The highest BCUT2D eigenvalue weighted by Crippen LogP contribution is 2.52. The number of rotatable bonds is 4. The first-order chi connectivity index (χ1) is 16.7. The van der Waals surface area contributed by atoms with Crippen LogP contribution in [-0.2, 0) is 0 Å². The lowest BCUT2D eigenvalue weighted by Gasteiger charge is -2.39. The predicted molar refractivity (Wildman–Crippen MR) is 127 cm³/mol. The van der Waals surface area contributed by atoms with Gasteiger partial charge in [0, 0.05) is 34.1 Å². The van der Waals surface area contributed by atoms with E-state index in [1.807, 2.05) is 59.4 Å². The van der Waals surface area contributed by atoms with Gasteiger partial charge in [-0.2, -0.15) is 10.1 Å². The van der Waals surface area contributed by atoms with Crippen molar-refractivity contribution >= 4 is 23.2 Å². The predicted octanol–water partition coefficient (Wildman–Crippen LogP) is 4.90. The van der Waals surface area contributed by atoms with Gasteiger partial charge in [-0.1, -0.05) is 17.7 Å². The number of pyridine rings is 1. The van der Waals surface area contributed by atoms with Gasteiger partial charge in [0.15, 0.2) is 6.10 Å². The number of hydrogen-bond donors (Lipinski definition) is 1. The summed E-state index contributed by atoms with van der Waals surface area (Å²) in [5.41, 5.74) is 4.43. The van der Waals surface area contributed by atoms with Crippen molar-refractivity contribution in [2.75, 3.05) is 19.5 Å². The van der Waals surface area contributed by atoms with Crippen LogP contribution in [-0.4, -0.2) is 34.0 Å². The Morgan fingerprint density at radius 3 is 2.79 bits per heavy atom. The zero-order chi connectivity index (χ0) is 23.2. The molecule has 0 saturated carbocycles. The molecule has 34 heavy (non-hydrogen) atoms. The summed E-state index contributed by atoms with van der Waals surface area (Å²) < 4.78 is 19.8. The lowest BCUT2D eigenvalue weighted by molar-refractivity contribution is 0.217. The molecular formula is C25H20ClN5O3. The second kappa shape index (κ2) is 8.07. The van der Waals surface area contributed by atoms with Gasteiger partial charge in [0.1, 0.15) is 29.6 Å². The van der Waals surface area contributed by atoms with E-state index in [1.54, 1.807) is 20.4 Å². The van der Waals surface area contributed by atoms with Gasteiger partial charge in [0.2, 0.25) is 5.95 Å². The zero-order valence-corrected chi connectivity index (χ0v) is 19.2. The van der Waals surface area contributed by atoms with Gasteiger partial charge >= 0.3 is 0 Å². The first kappa shape index (κ1) is 20.6. The smallest absolute Gasteiger partial charge is 0.226 e. The van der Waals surface area contributed by atoms with Crippen LogP contribution >= 0.6 is 11.6 Å². The molecular weight excluding hydrogens is 454 g/mol. The van der Waals surface area contributed by atoms with Crippen LogP contribution in [0.25, 0.3) is 5.70 Å². The molecule has 0 fully saturated rings. The van der Waals surface area contributed by atoms with Crippen LogP contribution in [0.4, 0.5) is 5.95 Å². The monoisotopic (exact) mass is 473 g/mol. The van der Waals surface area contributed by atoms with Crippen LogP contribution in [0, 0.1) is 0 Å². The second-order valence-corrected chi connectivity index (χ2v) is 8.36. The summed E-state index contributed by atoms with van der Waals surface area (Å²) in [6, 6.07) is 14.9. The van der Waals surface area contributed by atoms with E-state index in [4.69, 9.17) is 25.8 Å². The van der Waals surface area contributed by atoms with Gasteiger partial charge in [0.25, 0.3) is 0 Å². The average molecular weight is 474 g/mol. The maximum atomic E-state index is 6.65. The minimum absolute atomic E-state index is 0.324. The molecule has 0 radical (unpaired) electrons. The number of nitrogens with one attached hydrogen (secondary N) is 1. The fourth-order valence-electron chi connectivity index (χ4n) is 4.60. The first-order valence-electron chi connectivity index (χ1n) is 10.7. The number of methoxy groups -OCH3 is 2. The lowest BCUT2D eigenvalue weighted by Crippen LogP contribution is -2.32. The molecule has 8 nitrogen and oxygen atoms in total. The van der Waals surface area contributed by atoms with Gasteiger partial charge in [0.05, 0.1) is 19.9 Å². The highest BCUT2D eigenvalue weighted by Gasteiger charge is 2.42. The fourth-order valence-corrected chi connectivity index (χ4v) is 4.77. The largest absolute Gasteiger partial charge is 0.497 e. The van der Waals surface area contributed by atoms with E-state index in [0.717, 1.165) is 28.0 Å². The van der Waals surface area contributed by atoms with E-state index >= 15 is 0 Å². The highest BCUT2D eigenvalue weighted by atomic mass is 35.5. The number of nitrogens with zero attached hydrogens (tertiary/aromatic N) is 4. The molecule has 2 aliphatic heterocycles. The van der Waals surface area contributed by atoms with Crippen molar-refractivity contribution in [2.24, 2.45) is 0 Å². The molecule has 0 amide bonds. The van der Waals surface area contributed by atoms with E-state index in [9.17, 15) is 0 Å². The Morgan fingerprint density at radius 1 is 1.09 bits per heavy atom. The number of benzene rings is 2. The quantitative estimate of drug-likeness (QED) is 0.451. The van der Waals surface area contributed by atoms with E-state index in [-0.39, 0.29) is 6.04 Å². The summed E-state index contributed by atoms with van der Waals surface area (Å²) in [6.07, 6.45) is 4.60. The standard InChI is InChI=1S/C25H20ClN5O3/c1-32-16-6-8-19(33-2)18(11-16)24-21-22(17-10-15(26)5-7-20(17)34-24)30-25-28-13-29-31(25)23(21)14-4-3-9-27-12-14/h3-13,23-24H,1-2H3,(H,28,29,30)/t23-,24-/m1/s1. The Hall–Kier alpha value is -4.04. The van der Waals surface area contributed by atoms with Crippen LogP contribution in [0.15, 0.2) is 72.8 Å². The number of hydrogen-bond acceptors (Lipinski definition) is 7. The average Bonchev–Trinajstić information content (AvgIpc) is 3.35. The molecule has 2 aromatic heterocycles. The molecule has 4 aromatic rings. The number of ether oxygens (including phenoxy) is 3. The van der Waals surface area contributed by atoms with E-state index in [1.165, 1.54) is 6.33 Å². The zero-order valence-electron chi connectivity index (χ0n) is 18.4. The fraction of sp³-hybridized carbons (Fsp3) is 0.160. The van der Waals surface area contributed by atoms with E-state index in [0.29, 0.717) is 28.2 Å². The van der Waals surface area contributed by atoms with Gasteiger partial charge in [-0.05, 0) is 48.0 Å². The molecule has 9 heteroatoms. The number of anilines is 1. The summed E-state index contributed by atoms with van der Waals surface area (Å²) in [5, 5.41) is 8.60. The maximum Gasteiger partial charge on any atom is 0.226 e. The van der Waals surface area contributed by atoms with Gasteiger partial charge in [-0.25, -0.2) is 4.68 Å². The third-order valence-corrected chi connectivity index (χ3v) is 6.33. The molecule has 0 unspecified atom stereocenters. The molecule has 0 spiro atoms. The Labute approximate surface area is 200 Å². The summed E-state index contributed by atoms with van der Waals surface area (Å²) in [6.45, 7) is 0. The van der Waals surface area contributed by atoms with Crippen LogP contribution in [0.5, 0.6) is 17.2 Å². The minimum atomic E-state index is -0.510. The molecule has 2 aromatic carbocycles. The molecule has 2 atom stereocenters. The summed E-state index contributed by atoms with van der Waals surface area (Å²) in [5.74, 6) is 2.70. The van der Waals surface area contributed by atoms with E-state index < -0.39 is 6.10 Å². The van der Waals surface area contributed by atoms with Gasteiger partial charge in [-0.15, -0.1) is 0 Å². The third kappa shape index (κ3) is 3.18. The van der Waals surface area contributed by atoms with Crippen LogP contribution in [0.1, 0.15) is 28.8 Å². The topological polar surface area (TPSA) is 83.3 Å². The Morgan fingerprint density at radius 2 is 2.00 bits per heavy atom. The van der Waals surface area contributed by atoms with Crippen molar-refractivity contribution in [1.29, 1.82) is 0 Å².